The normalized spacial score (nSPS) is 16.1. The SMILES string of the molecule is CCCCN1C(=O)C(O)=C(C(=O)c2cc3cccc(OC)c3o2)C1c1cccc(OC(C)C)c1. The molecule has 3 aromatic rings. The number of unbranched alkanes of at least 4 members (excludes halogenated alkanes) is 1. The Morgan fingerprint density at radius 2 is 1.94 bits per heavy atom. The van der Waals surface area contributed by atoms with E-state index in [9.17, 15) is 14.7 Å². The van der Waals surface area contributed by atoms with Gasteiger partial charge in [-0.3, -0.25) is 9.59 Å². The number of amides is 1. The van der Waals surface area contributed by atoms with Crippen LogP contribution >= 0.6 is 0 Å². The van der Waals surface area contributed by atoms with Gasteiger partial charge in [-0.15, -0.1) is 0 Å². The highest BCUT2D eigenvalue weighted by atomic mass is 16.5. The Bertz CT molecular complexity index is 1250. The maximum atomic E-state index is 13.7. The van der Waals surface area contributed by atoms with Crippen molar-refractivity contribution in [3.05, 3.63) is 71.2 Å². The van der Waals surface area contributed by atoms with Gasteiger partial charge in [0.25, 0.3) is 5.91 Å². The van der Waals surface area contributed by atoms with Gasteiger partial charge in [0.2, 0.25) is 5.78 Å². The number of carbonyl (C=O) groups is 2. The smallest absolute Gasteiger partial charge is 0.290 e. The van der Waals surface area contributed by atoms with E-state index in [1.54, 1.807) is 23.1 Å². The van der Waals surface area contributed by atoms with Crippen LogP contribution in [0, 0.1) is 0 Å². The second-order valence-corrected chi connectivity index (χ2v) is 8.57. The van der Waals surface area contributed by atoms with Gasteiger partial charge in [-0.2, -0.15) is 0 Å². The molecule has 1 aliphatic rings. The molecule has 4 rings (SSSR count). The van der Waals surface area contributed by atoms with Crippen molar-refractivity contribution in [3.63, 3.8) is 0 Å². The topological polar surface area (TPSA) is 89.2 Å². The van der Waals surface area contributed by atoms with E-state index >= 15 is 0 Å². The molecule has 0 saturated carbocycles. The maximum Gasteiger partial charge on any atom is 0.290 e. The molecule has 1 unspecified atom stereocenters. The lowest BCUT2D eigenvalue weighted by Crippen LogP contribution is -2.32. The second kappa shape index (κ2) is 9.63. The Balaban J connectivity index is 1.80. The van der Waals surface area contributed by atoms with E-state index in [1.165, 1.54) is 7.11 Å². The summed E-state index contributed by atoms with van der Waals surface area (Å²) in [5, 5.41) is 11.5. The summed E-state index contributed by atoms with van der Waals surface area (Å²) >= 11 is 0. The van der Waals surface area contributed by atoms with Gasteiger partial charge in [0, 0.05) is 11.9 Å². The number of ketones is 1. The van der Waals surface area contributed by atoms with Gasteiger partial charge in [0.1, 0.15) is 5.75 Å². The third-order valence-electron chi connectivity index (χ3n) is 5.80. The van der Waals surface area contributed by atoms with Crippen molar-refractivity contribution in [1.82, 2.24) is 4.90 Å². The monoisotopic (exact) mass is 463 g/mol. The number of carbonyl (C=O) groups excluding carboxylic acids is 2. The molecule has 1 aromatic heterocycles. The summed E-state index contributed by atoms with van der Waals surface area (Å²) in [6.07, 6.45) is 1.56. The van der Waals surface area contributed by atoms with Crippen molar-refractivity contribution in [1.29, 1.82) is 0 Å². The largest absolute Gasteiger partial charge is 0.503 e. The fourth-order valence-electron chi connectivity index (χ4n) is 4.26. The van der Waals surface area contributed by atoms with E-state index in [4.69, 9.17) is 13.9 Å². The molecule has 7 heteroatoms. The number of nitrogens with zero attached hydrogens (tertiary/aromatic N) is 1. The predicted octanol–water partition coefficient (Wildman–Crippen LogP) is 5.61. The van der Waals surface area contributed by atoms with Crippen molar-refractivity contribution in [2.75, 3.05) is 13.7 Å². The number of methoxy groups -OCH3 is 1. The Morgan fingerprint density at radius 3 is 2.65 bits per heavy atom. The third kappa shape index (κ3) is 4.25. The summed E-state index contributed by atoms with van der Waals surface area (Å²) in [7, 11) is 1.52. The number of hydrogen-bond acceptors (Lipinski definition) is 6. The number of benzene rings is 2. The number of hydrogen-bond donors (Lipinski definition) is 1. The Morgan fingerprint density at radius 1 is 1.18 bits per heavy atom. The molecule has 2 heterocycles. The number of fused-ring (bicyclic) bond motifs is 1. The van der Waals surface area contributed by atoms with Crippen LogP contribution < -0.4 is 9.47 Å². The minimum Gasteiger partial charge on any atom is -0.503 e. The average Bonchev–Trinajstić information content (AvgIpc) is 3.36. The van der Waals surface area contributed by atoms with E-state index in [-0.39, 0.29) is 17.4 Å². The summed E-state index contributed by atoms with van der Waals surface area (Å²) in [6, 6.07) is 13.5. The van der Waals surface area contributed by atoms with E-state index in [0.717, 1.165) is 12.8 Å². The number of ether oxygens (including phenoxy) is 2. The molecule has 0 bridgehead atoms. The summed E-state index contributed by atoms with van der Waals surface area (Å²) in [4.78, 5) is 28.3. The molecule has 0 fully saturated rings. The van der Waals surface area contributed by atoms with Crippen LogP contribution in [0.15, 0.2) is 64.3 Å². The third-order valence-corrected chi connectivity index (χ3v) is 5.80. The Hall–Kier alpha value is -3.74. The molecule has 0 radical (unpaired) electrons. The highest BCUT2D eigenvalue weighted by Crippen LogP contribution is 2.41. The van der Waals surface area contributed by atoms with Crippen molar-refractivity contribution >= 4 is 22.7 Å². The van der Waals surface area contributed by atoms with Crippen molar-refractivity contribution < 1.29 is 28.6 Å². The molecule has 2 aromatic carbocycles. The Kier molecular flexibility index (Phi) is 6.63. The minimum absolute atomic E-state index is 0.000762. The van der Waals surface area contributed by atoms with Crippen molar-refractivity contribution in [2.24, 2.45) is 0 Å². The lowest BCUT2D eigenvalue weighted by atomic mass is 9.94. The quantitative estimate of drug-likeness (QED) is 0.415. The zero-order valence-electron chi connectivity index (χ0n) is 19.8. The van der Waals surface area contributed by atoms with Crippen LogP contribution in [-0.2, 0) is 4.79 Å². The van der Waals surface area contributed by atoms with Gasteiger partial charge >= 0.3 is 0 Å². The minimum atomic E-state index is -0.752. The molecule has 1 aliphatic heterocycles. The highest BCUT2D eigenvalue weighted by molar-refractivity contribution is 6.16. The molecular weight excluding hydrogens is 434 g/mol. The number of Topliss-reactive ketones (excluding diaryl/α,β-unsaturated/α-hetero) is 1. The summed E-state index contributed by atoms with van der Waals surface area (Å²) in [5.41, 5.74) is 1.12. The highest BCUT2D eigenvalue weighted by Gasteiger charge is 2.44. The second-order valence-electron chi connectivity index (χ2n) is 8.57. The first kappa shape index (κ1) is 23.4. The molecule has 1 amide bonds. The van der Waals surface area contributed by atoms with Crippen molar-refractivity contribution in [3.8, 4) is 11.5 Å². The number of aliphatic hydroxyl groups is 1. The van der Waals surface area contributed by atoms with Crippen LogP contribution in [0.3, 0.4) is 0 Å². The van der Waals surface area contributed by atoms with Gasteiger partial charge in [-0.05, 0) is 50.1 Å². The number of aliphatic hydroxyl groups excluding tert-OH is 1. The van der Waals surface area contributed by atoms with Crippen molar-refractivity contribution in [2.45, 2.75) is 45.8 Å². The summed E-state index contributed by atoms with van der Waals surface area (Å²) < 4.78 is 17.0. The van der Waals surface area contributed by atoms with Crippen LogP contribution in [0.25, 0.3) is 11.0 Å². The fraction of sp³-hybridized carbons (Fsp3) is 0.333. The molecule has 178 valence electrons. The zero-order valence-corrected chi connectivity index (χ0v) is 19.8. The number of furan rings is 1. The van der Waals surface area contributed by atoms with E-state index in [1.807, 2.05) is 51.1 Å². The van der Waals surface area contributed by atoms with Crippen LogP contribution in [0.5, 0.6) is 11.5 Å². The predicted molar refractivity (Wildman–Crippen MR) is 128 cm³/mol. The first-order valence-electron chi connectivity index (χ1n) is 11.5. The number of rotatable bonds is 9. The van der Waals surface area contributed by atoms with Crippen LogP contribution in [0.4, 0.5) is 0 Å². The fourth-order valence-corrected chi connectivity index (χ4v) is 4.26. The zero-order chi connectivity index (χ0) is 24.4. The van der Waals surface area contributed by atoms with Gasteiger partial charge in [-0.25, -0.2) is 0 Å². The summed E-state index contributed by atoms with van der Waals surface area (Å²) in [5.74, 6) is -0.493. The average molecular weight is 464 g/mol. The maximum absolute atomic E-state index is 13.7. The summed E-state index contributed by atoms with van der Waals surface area (Å²) in [6.45, 7) is 6.28. The molecule has 1 atom stereocenters. The van der Waals surface area contributed by atoms with Crippen LogP contribution in [-0.4, -0.2) is 41.5 Å². The molecule has 0 aliphatic carbocycles. The Labute approximate surface area is 198 Å². The molecular formula is C27H29NO6. The molecule has 1 N–H and O–H groups in total. The number of para-hydroxylation sites is 1. The van der Waals surface area contributed by atoms with Gasteiger partial charge < -0.3 is 23.9 Å². The van der Waals surface area contributed by atoms with Gasteiger partial charge in [0.05, 0.1) is 24.8 Å². The lowest BCUT2D eigenvalue weighted by Gasteiger charge is -2.27. The van der Waals surface area contributed by atoms with Gasteiger partial charge in [0.15, 0.2) is 22.9 Å². The first-order chi connectivity index (χ1) is 16.3. The molecule has 34 heavy (non-hydrogen) atoms. The van der Waals surface area contributed by atoms with E-state index in [0.29, 0.717) is 34.6 Å². The standard InChI is InChI=1S/C27H29NO6/c1-5-6-13-28-23(17-9-7-11-19(14-17)33-16(2)3)22(25(30)27(28)31)24(29)21-15-18-10-8-12-20(32-4)26(18)34-21/h7-12,14-16,23,30H,5-6,13H2,1-4H3. The van der Waals surface area contributed by atoms with Gasteiger partial charge in [-0.1, -0.05) is 37.6 Å². The van der Waals surface area contributed by atoms with E-state index in [2.05, 4.69) is 0 Å². The molecule has 0 spiro atoms. The molecule has 7 nitrogen and oxygen atoms in total. The first-order valence-corrected chi connectivity index (χ1v) is 11.5. The van der Waals surface area contributed by atoms with Crippen LogP contribution in [0.1, 0.15) is 55.8 Å². The lowest BCUT2D eigenvalue weighted by molar-refractivity contribution is -0.129. The van der Waals surface area contributed by atoms with Crippen LogP contribution in [0.2, 0.25) is 0 Å². The molecule has 0 saturated heterocycles. The van der Waals surface area contributed by atoms with E-state index < -0.39 is 23.5 Å².